The highest BCUT2D eigenvalue weighted by molar-refractivity contribution is 5.79. The molecule has 124 valence electrons. The molecule has 0 atom stereocenters. The fourth-order valence-corrected chi connectivity index (χ4v) is 2.95. The Labute approximate surface area is 139 Å². The number of piperidine rings is 1. The molecule has 1 aliphatic rings. The van der Waals surface area contributed by atoms with Crippen LogP contribution in [0.2, 0.25) is 0 Å². The maximum Gasteiger partial charge on any atom is 0.223 e. The Hall–Kier alpha value is -2.81. The fraction of sp³-hybridized carbons (Fsp3) is 0.333. The van der Waals surface area contributed by atoms with Crippen molar-refractivity contribution >= 4 is 11.6 Å². The second-order valence-electron chi connectivity index (χ2n) is 5.84. The Balaban J connectivity index is 1.54. The minimum Gasteiger partial charge on any atom is -0.467 e. The van der Waals surface area contributed by atoms with Crippen LogP contribution in [0.15, 0.2) is 41.0 Å². The number of nitriles is 1. The van der Waals surface area contributed by atoms with E-state index in [1.807, 2.05) is 17.0 Å². The molecule has 0 bridgehead atoms. The number of benzene rings is 1. The molecule has 2 aromatic rings. The van der Waals surface area contributed by atoms with Crippen LogP contribution in [0.25, 0.3) is 0 Å². The monoisotopic (exact) mass is 327 g/mol. The van der Waals surface area contributed by atoms with Gasteiger partial charge in [0.25, 0.3) is 0 Å². The van der Waals surface area contributed by atoms with Gasteiger partial charge in [0.1, 0.15) is 11.6 Å². The lowest BCUT2D eigenvalue weighted by Gasteiger charge is -2.33. The molecule has 1 saturated heterocycles. The highest BCUT2D eigenvalue weighted by atomic mass is 19.1. The number of anilines is 1. The third-order valence-electron chi connectivity index (χ3n) is 4.30. The molecule has 1 fully saturated rings. The largest absolute Gasteiger partial charge is 0.467 e. The molecular formula is C18H18FN3O2. The van der Waals surface area contributed by atoms with E-state index in [1.165, 1.54) is 6.07 Å². The molecular weight excluding hydrogens is 309 g/mol. The zero-order valence-corrected chi connectivity index (χ0v) is 13.2. The van der Waals surface area contributed by atoms with E-state index in [4.69, 9.17) is 9.68 Å². The van der Waals surface area contributed by atoms with Crippen molar-refractivity contribution in [2.45, 2.75) is 19.4 Å². The van der Waals surface area contributed by atoms with Gasteiger partial charge in [-0.05, 0) is 43.2 Å². The quantitative estimate of drug-likeness (QED) is 0.937. The average molecular weight is 327 g/mol. The highest BCUT2D eigenvalue weighted by Gasteiger charge is 2.26. The van der Waals surface area contributed by atoms with Gasteiger partial charge in [0.15, 0.2) is 0 Å². The van der Waals surface area contributed by atoms with Crippen molar-refractivity contribution in [3.8, 4) is 6.07 Å². The molecule has 0 aliphatic carbocycles. The minimum absolute atomic E-state index is 0.00588. The summed E-state index contributed by atoms with van der Waals surface area (Å²) < 4.78 is 19.3. The van der Waals surface area contributed by atoms with E-state index in [0.29, 0.717) is 43.7 Å². The third kappa shape index (κ3) is 3.57. The molecule has 0 unspecified atom stereocenters. The van der Waals surface area contributed by atoms with Gasteiger partial charge in [-0.25, -0.2) is 4.39 Å². The molecule has 6 heteroatoms. The first-order valence-electron chi connectivity index (χ1n) is 7.92. The lowest BCUT2D eigenvalue weighted by molar-refractivity contribution is -0.125. The highest BCUT2D eigenvalue weighted by Crippen LogP contribution is 2.26. The molecule has 0 saturated carbocycles. The summed E-state index contributed by atoms with van der Waals surface area (Å²) in [6, 6.07) is 10.0. The predicted octanol–water partition coefficient (Wildman–Crippen LogP) is 2.82. The summed E-state index contributed by atoms with van der Waals surface area (Å²) >= 11 is 0. The van der Waals surface area contributed by atoms with Gasteiger partial charge >= 0.3 is 0 Å². The number of nitrogens with zero attached hydrogens (tertiary/aromatic N) is 2. The van der Waals surface area contributed by atoms with Crippen molar-refractivity contribution in [3.05, 3.63) is 53.7 Å². The van der Waals surface area contributed by atoms with Crippen molar-refractivity contribution in [1.29, 1.82) is 5.26 Å². The first kappa shape index (κ1) is 16.1. The molecule has 1 aromatic carbocycles. The van der Waals surface area contributed by atoms with Gasteiger partial charge in [0.05, 0.1) is 30.1 Å². The molecule has 0 spiro atoms. The lowest BCUT2D eigenvalue weighted by atomic mass is 9.95. The van der Waals surface area contributed by atoms with Crippen LogP contribution in [0.3, 0.4) is 0 Å². The molecule has 1 aliphatic heterocycles. The zero-order chi connectivity index (χ0) is 16.9. The van der Waals surface area contributed by atoms with Gasteiger partial charge in [0.2, 0.25) is 5.91 Å². The van der Waals surface area contributed by atoms with E-state index in [0.717, 1.165) is 5.76 Å². The molecule has 5 nitrogen and oxygen atoms in total. The Morgan fingerprint density at radius 3 is 2.79 bits per heavy atom. The van der Waals surface area contributed by atoms with Crippen LogP contribution in [-0.2, 0) is 11.3 Å². The number of hydrogen-bond acceptors (Lipinski definition) is 4. The summed E-state index contributed by atoms with van der Waals surface area (Å²) in [5, 5.41) is 11.7. The molecule has 1 N–H and O–H groups in total. The molecule has 1 amide bonds. The van der Waals surface area contributed by atoms with Crippen LogP contribution >= 0.6 is 0 Å². The maximum absolute atomic E-state index is 14.1. The van der Waals surface area contributed by atoms with Gasteiger partial charge in [-0.2, -0.15) is 5.26 Å². The number of nitrogens with one attached hydrogen (secondary N) is 1. The lowest BCUT2D eigenvalue weighted by Crippen LogP contribution is -2.40. The number of carbonyl (C=O) groups excluding carboxylic acids is 1. The van der Waals surface area contributed by atoms with Crippen LogP contribution < -0.4 is 10.2 Å². The number of halogens is 1. The van der Waals surface area contributed by atoms with Crippen molar-refractivity contribution in [3.63, 3.8) is 0 Å². The van der Waals surface area contributed by atoms with Crippen LogP contribution in [0, 0.1) is 23.1 Å². The summed E-state index contributed by atoms with van der Waals surface area (Å²) in [4.78, 5) is 14.1. The van der Waals surface area contributed by atoms with Crippen LogP contribution in [-0.4, -0.2) is 19.0 Å². The number of rotatable bonds is 4. The minimum atomic E-state index is -0.394. The van der Waals surface area contributed by atoms with Gasteiger partial charge in [0, 0.05) is 19.0 Å². The van der Waals surface area contributed by atoms with Crippen molar-refractivity contribution in [1.82, 2.24) is 5.32 Å². The fourth-order valence-electron chi connectivity index (χ4n) is 2.95. The first-order chi connectivity index (χ1) is 11.7. The van der Waals surface area contributed by atoms with E-state index < -0.39 is 5.82 Å². The second-order valence-corrected chi connectivity index (χ2v) is 5.84. The molecule has 2 heterocycles. The molecule has 0 radical (unpaired) electrons. The maximum atomic E-state index is 14.1. The Morgan fingerprint density at radius 1 is 1.38 bits per heavy atom. The van der Waals surface area contributed by atoms with Gasteiger partial charge in [-0.1, -0.05) is 0 Å². The number of furan rings is 1. The van der Waals surface area contributed by atoms with Crippen molar-refractivity contribution in [2.24, 2.45) is 5.92 Å². The summed E-state index contributed by atoms with van der Waals surface area (Å²) in [7, 11) is 0. The third-order valence-corrected chi connectivity index (χ3v) is 4.30. The van der Waals surface area contributed by atoms with Gasteiger partial charge in [-0.15, -0.1) is 0 Å². The van der Waals surface area contributed by atoms with Gasteiger partial charge < -0.3 is 14.6 Å². The average Bonchev–Trinajstić information content (AvgIpc) is 3.13. The Kier molecular flexibility index (Phi) is 4.80. The standard InChI is InChI=1S/C18H18FN3O2/c19-16-10-13(11-20)3-4-17(16)22-7-5-14(6-8-22)18(23)21-12-15-2-1-9-24-15/h1-4,9-10,14H,5-8,12H2,(H,21,23). The number of hydrogen-bond donors (Lipinski definition) is 1. The molecule has 24 heavy (non-hydrogen) atoms. The smallest absolute Gasteiger partial charge is 0.223 e. The normalized spacial score (nSPS) is 15.1. The summed E-state index contributed by atoms with van der Waals surface area (Å²) in [5.41, 5.74) is 0.798. The van der Waals surface area contributed by atoms with E-state index in [1.54, 1.807) is 24.5 Å². The SMILES string of the molecule is N#Cc1ccc(N2CCC(C(=O)NCc3ccco3)CC2)c(F)c1. The zero-order valence-electron chi connectivity index (χ0n) is 13.2. The predicted molar refractivity (Wildman–Crippen MR) is 86.6 cm³/mol. The van der Waals surface area contributed by atoms with Crippen LogP contribution in [0.5, 0.6) is 0 Å². The van der Waals surface area contributed by atoms with Gasteiger partial charge in [-0.3, -0.25) is 4.79 Å². The second kappa shape index (κ2) is 7.18. The molecule has 3 rings (SSSR count). The summed E-state index contributed by atoms with van der Waals surface area (Å²) in [6.45, 7) is 1.61. The van der Waals surface area contributed by atoms with Crippen molar-refractivity contribution in [2.75, 3.05) is 18.0 Å². The topological polar surface area (TPSA) is 69.3 Å². The summed E-state index contributed by atoms with van der Waals surface area (Å²) in [5.74, 6) is 0.263. The van der Waals surface area contributed by atoms with E-state index in [-0.39, 0.29) is 11.8 Å². The Bertz CT molecular complexity index is 744. The summed E-state index contributed by atoms with van der Waals surface area (Å²) in [6.07, 6.45) is 2.92. The number of carbonyl (C=O) groups is 1. The van der Waals surface area contributed by atoms with E-state index in [9.17, 15) is 9.18 Å². The van der Waals surface area contributed by atoms with Crippen LogP contribution in [0.4, 0.5) is 10.1 Å². The Morgan fingerprint density at radius 2 is 2.17 bits per heavy atom. The van der Waals surface area contributed by atoms with Crippen molar-refractivity contribution < 1.29 is 13.6 Å². The van der Waals surface area contributed by atoms with E-state index in [2.05, 4.69) is 5.32 Å². The molecule has 1 aromatic heterocycles. The van der Waals surface area contributed by atoms with E-state index >= 15 is 0 Å². The first-order valence-corrected chi connectivity index (χ1v) is 7.92. The number of amides is 1. The van der Waals surface area contributed by atoms with Crippen LogP contribution in [0.1, 0.15) is 24.2 Å².